The van der Waals surface area contributed by atoms with E-state index in [4.69, 9.17) is 0 Å². The molecular weight excluding hydrogens is 482 g/mol. The number of alkyl halides is 1. The topological polar surface area (TPSA) is 98.7 Å². The van der Waals surface area contributed by atoms with Gasteiger partial charge in [-0.15, -0.1) is 11.8 Å². The summed E-state index contributed by atoms with van der Waals surface area (Å²) in [5, 5.41) is 15.5. The second-order valence-electron chi connectivity index (χ2n) is 8.79. The number of aliphatic hydroxyl groups excluding tert-OH is 1. The number of nitrogens with one attached hydrogen (secondary N) is 2. The first kappa shape index (κ1) is 22.6. The fourth-order valence-electron chi connectivity index (χ4n) is 5.34. The summed E-state index contributed by atoms with van der Waals surface area (Å²) in [6.45, 7) is 4.02. The van der Waals surface area contributed by atoms with Crippen LogP contribution in [-0.2, 0) is 20.9 Å². The highest BCUT2D eigenvalue weighted by molar-refractivity contribution is 9.09. The molecule has 0 radical (unpaired) electrons. The molecule has 3 aliphatic heterocycles. The third-order valence-electron chi connectivity index (χ3n) is 6.42. The van der Waals surface area contributed by atoms with Crippen molar-refractivity contribution >= 4 is 45.4 Å². The minimum atomic E-state index is -0.693. The minimum Gasteiger partial charge on any atom is -0.395 e. The number of thioether (sulfide) groups is 1. The number of fused-ring (bicyclic) bond motifs is 1. The number of carbonyl (C=O) groups is 3. The lowest BCUT2D eigenvalue weighted by atomic mass is 9.70. The van der Waals surface area contributed by atoms with Gasteiger partial charge >= 0.3 is 0 Å². The van der Waals surface area contributed by atoms with Crippen molar-refractivity contribution in [2.24, 2.45) is 11.8 Å². The highest BCUT2D eigenvalue weighted by Crippen LogP contribution is 2.67. The third kappa shape index (κ3) is 3.78. The van der Waals surface area contributed by atoms with Gasteiger partial charge in [-0.1, -0.05) is 46.3 Å². The predicted molar refractivity (Wildman–Crippen MR) is 123 cm³/mol. The Morgan fingerprint density at radius 2 is 2.00 bits per heavy atom. The summed E-state index contributed by atoms with van der Waals surface area (Å²) in [5.74, 6) is -1.65. The van der Waals surface area contributed by atoms with E-state index < -0.39 is 22.6 Å². The zero-order valence-electron chi connectivity index (χ0n) is 17.6. The van der Waals surface area contributed by atoms with Crippen molar-refractivity contribution in [1.29, 1.82) is 0 Å². The van der Waals surface area contributed by atoms with Crippen LogP contribution < -0.4 is 10.6 Å². The van der Waals surface area contributed by atoms with E-state index in [2.05, 4.69) is 26.6 Å². The molecule has 3 amide bonds. The van der Waals surface area contributed by atoms with Gasteiger partial charge < -0.3 is 20.6 Å². The number of amides is 3. The number of nitrogens with zero attached hydrogens (tertiary/aromatic N) is 1. The molecule has 7 nitrogen and oxygen atoms in total. The van der Waals surface area contributed by atoms with Crippen LogP contribution in [0.3, 0.4) is 0 Å². The molecule has 3 heterocycles. The number of β-amino-alcohol motifs (C(OH)–C–C–N with tert-alkyl or cyclic N) is 1. The summed E-state index contributed by atoms with van der Waals surface area (Å²) in [7, 11) is 0. The molecule has 0 aliphatic carbocycles. The number of halogens is 1. The molecule has 1 aromatic rings. The summed E-state index contributed by atoms with van der Waals surface area (Å²) < 4.78 is -0.668. The van der Waals surface area contributed by atoms with Crippen LogP contribution in [-0.4, -0.2) is 67.8 Å². The maximum Gasteiger partial charge on any atom is 0.244 e. The summed E-state index contributed by atoms with van der Waals surface area (Å²) in [4.78, 5) is 41.5. The van der Waals surface area contributed by atoms with Gasteiger partial charge in [0.05, 0.1) is 23.2 Å². The van der Waals surface area contributed by atoms with E-state index in [1.54, 1.807) is 11.8 Å². The number of rotatable bonds is 7. The molecule has 9 heteroatoms. The lowest BCUT2D eigenvalue weighted by molar-refractivity contribution is -0.140. The summed E-state index contributed by atoms with van der Waals surface area (Å²) in [6, 6.07) is 8.89. The Kier molecular flexibility index (Phi) is 6.38. The number of hydrogen-bond acceptors (Lipinski definition) is 5. The number of likely N-dealkylation sites (tertiary alicyclic amines) is 1. The van der Waals surface area contributed by atoms with E-state index in [-0.39, 0.29) is 47.0 Å². The highest BCUT2D eigenvalue weighted by atomic mass is 79.9. The maximum atomic E-state index is 13.5. The van der Waals surface area contributed by atoms with Crippen molar-refractivity contribution in [3.63, 3.8) is 0 Å². The Labute approximate surface area is 194 Å². The van der Waals surface area contributed by atoms with Gasteiger partial charge in [0.25, 0.3) is 0 Å². The average Bonchev–Trinajstić information content (AvgIpc) is 3.31. The van der Waals surface area contributed by atoms with Crippen molar-refractivity contribution in [3.05, 3.63) is 35.9 Å². The van der Waals surface area contributed by atoms with Gasteiger partial charge in [-0.25, -0.2) is 0 Å². The Balaban J connectivity index is 1.63. The first-order valence-electron chi connectivity index (χ1n) is 10.7. The fourth-order valence-corrected chi connectivity index (χ4v) is 8.96. The van der Waals surface area contributed by atoms with Crippen LogP contribution in [0.1, 0.15) is 25.8 Å². The predicted octanol–water partition coefficient (Wildman–Crippen LogP) is 1.28. The Morgan fingerprint density at radius 1 is 1.29 bits per heavy atom. The first-order valence-corrected chi connectivity index (χ1v) is 12.4. The Hall–Kier alpha value is -1.58. The van der Waals surface area contributed by atoms with Crippen molar-refractivity contribution < 1.29 is 19.5 Å². The van der Waals surface area contributed by atoms with Gasteiger partial charge in [-0.05, 0) is 25.8 Å². The Bertz CT molecular complexity index is 870. The molecule has 0 aromatic heterocycles. The third-order valence-corrected chi connectivity index (χ3v) is 9.64. The van der Waals surface area contributed by atoms with Crippen LogP contribution in [0, 0.1) is 11.8 Å². The van der Waals surface area contributed by atoms with Crippen molar-refractivity contribution in [3.8, 4) is 0 Å². The van der Waals surface area contributed by atoms with Crippen molar-refractivity contribution in [2.45, 2.75) is 53.7 Å². The molecule has 1 spiro atoms. The number of aliphatic hydroxyl groups is 1. The van der Waals surface area contributed by atoms with Gasteiger partial charge in [0, 0.05) is 29.2 Å². The van der Waals surface area contributed by atoms with Gasteiger partial charge in [-0.2, -0.15) is 0 Å². The first-order chi connectivity index (χ1) is 14.8. The molecule has 3 N–H and O–H groups in total. The molecule has 2 bridgehead atoms. The second kappa shape index (κ2) is 8.75. The van der Waals surface area contributed by atoms with Crippen LogP contribution in [0.15, 0.2) is 30.3 Å². The molecule has 3 saturated heterocycles. The smallest absolute Gasteiger partial charge is 0.244 e. The molecule has 3 aliphatic rings. The van der Waals surface area contributed by atoms with Crippen LogP contribution in [0.4, 0.5) is 0 Å². The molecule has 3 fully saturated rings. The molecule has 0 saturated carbocycles. The van der Waals surface area contributed by atoms with Crippen LogP contribution in [0.5, 0.6) is 0 Å². The van der Waals surface area contributed by atoms with Crippen molar-refractivity contribution in [2.75, 3.05) is 13.2 Å². The van der Waals surface area contributed by atoms with E-state index in [1.165, 1.54) is 4.90 Å². The lowest BCUT2D eigenvalue weighted by Crippen LogP contribution is -2.56. The largest absolute Gasteiger partial charge is 0.395 e. The Morgan fingerprint density at radius 3 is 2.65 bits per heavy atom. The minimum absolute atomic E-state index is 0.0393. The number of benzene rings is 1. The summed E-state index contributed by atoms with van der Waals surface area (Å²) in [5.41, 5.74) is 0.991. The zero-order valence-corrected chi connectivity index (χ0v) is 20.0. The van der Waals surface area contributed by atoms with E-state index >= 15 is 0 Å². The SMILES string of the molecule is CC(C)NC(=O)C1N(CCO)C(=O)[C@@H]2[C@H](C(=O)NCc3ccccc3)[C@H]3SC12CC3Br. The molecule has 3 unspecified atom stereocenters. The van der Waals surface area contributed by atoms with Crippen LogP contribution in [0.25, 0.3) is 0 Å². The van der Waals surface area contributed by atoms with E-state index in [0.717, 1.165) is 5.56 Å². The fraction of sp³-hybridized carbons (Fsp3) is 0.591. The van der Waals surface area contributed by atoms with Crippen LogP contribution >= 0.6 is 27.7 Å². The zero-order chi connectivity index (χ0) is 22.3. The highest BCUT2D eigenvalue weighted by Gasteiger charge is 2.75. The average molecular weight is 510 g/mol. The van der Waals surface area contributed by atoms with Gasteiger partial charge in [0.15, 0.2) is 0 Å². The molecule has 6 atom stereocenters. The monoisotopic (exact) mass is 509 g/mol. The summed E-state index contributed by atoms with van der Waals surface area (Å²) >= 11 is 5.33. The van der Waals surface area contributed by atoms with E-state index in [0.29, 0.717) is 13.0 Å². The molecule has 1 aromatic carbocycles. The van der Waals surface area contributed by atoms with E-state index in [9.17, 15) is 19.5 Å². The second-order valence-corrected chi connectivity index (χ2v) is 11.5. The quantitative estimate of drug-likeness (QED) is 0.481. The maximum absolute atomic E-state index is 13.5. The lowest BCUT2D eigenvalue weighted by Gasteiger charge is -2.35. The standard InChI is InChI=1S/C22H28BrN3O4S/c1-12(2)25-20(29)18-22-10-14(23)17(31-22)15(16(22)21(30)26(18)8-9-27)19(28)24-11-13-6-4-3-5-7-13/h3-7,12,14-18,27H,8-11H2,1-2H3,(H,24,28)(H,25,29)/t14?,15-,16-,17-,18?,22?/m0/s1. The van der Waals surface area contributed by atoms with Crippen molar-refractivity contribution in [1.82, 2.24) is 15.5 Å². The normalized spacial score (nSPS) is 33.6. The molecule has 168 valence electrons. The van der Waals surface area contributed by atoms with Gasteiger partial charge in [-0.3, -0.25) is 14.4 Å². The van der Waals surface area contributed by atoms with E-state index in [1.807, 2.05) is 44.2 Å². The molecule has 4 rings (SSSR count). The summed E-state index contributed by atoms with van der Waals surface area (Å²) in [6.07, 6.45) is 0.638. The molecule has 31 heavy (non-hydrogen) atoms. The molecular formula is C22H28BrN3O4S. The number of hydrogen-bond donors (Lipinski definition) is 3. The van der Waals surface area contributed by atoms with Crippen LogP contribution in [0.2, 0.25) is 0 Å². The van der Waals surface area contributed by atoms with Gasteiger partial charge in [0.1, 0.15) is 6.04 Å². The van der Waals surface area contributed by atoms with Gasteiger partial charge in [0.2, 0.25) is 17.7 Å². The number of carbonyl (C=O) groups excluding carboxylic acids is 3.